The Balaban J connectivity index is 1.85. The molecule has 5 nitrogen and oxygen atoms in total. The van der Waals surface area contributed by atoms with Gasteiger partial charge < -0.3 is 9.67 Å². The van der Waals surface area contributed by atoms with Gasteiger partial charge in [0.25, 0.3) is 0 Å². The number of nitrogens with zero attached hydrogens (tertiary/aromatic N) is 3. The van der Waals surface area contributed by atoms with E-state index < -0.39 is 0 Å². The third kappa shape index (κ3) is 2.64. The van der Waals surface area contributed by atoms with Crippen molar-refractivity contribution >= 4 is 38.3 Å². The average molecular weight is 385 g/mol. The molecule has 0 amide bonds. The Morgan fingerprint density at radius 1 is 1.03 bits per heavy atom. The number of aromatic hydroxyl groups is 1. The standard InChI is InChI=1S/C23H16FN3O2/c1-13-25-21-20(26-29)18-10-15-4-2-3-5-16(15)11-19(18)23(28)22(21)27(13)12-14-6-8-17(24)9-7-14/h2-11,28H,12H2,1H3. The first-order chi connectivity index (χ1) is 14.1. The zero-order valence-corrected chi connectivity index (χ0v) is 15.6. The second kappa shape index (κ2) is 6.38. The number of aryl methyl sites for hydroxylation is 1. The number of nitroso groups, excluding NO2 is 1. The number of rotatable bonds is 3. The van der Waals surface area contributed by atoms with Gasteiger partial charge in [-0.05, 0) is 52.7 Å². The molecule has 29 heavy (non-hydrogen) atoms. The van der Waals surface area contributed by atoms with Gasteiger partial charge in [0.2, 0.25) is 0 Å². The quantitative estimate of drug-likeness (QED) is 0.309. The zero-order valence-electron chi connectivity index (χ0n) is 15.6. The van der Waals surface area contributed by atoms with Crippen molar-refractivity contribution in [1.29, 1.82) is 0 Å². The van der Waals surface area contributed by atoms with Crippen LogP contribution in [0.1, 0.15) is 11.4 Å². The van der Waals surface area contributed by atoms with Crippen LogP contribution >= 0.6 is 0 Å². The van der Waals surface area contributed by atoms with Crippen LogP contribution in [0.4, 0.5) is 10.1 Å². The fourth-order valence-electron chi connectivity index (χ4n) is 3.92. The van der Waals surface area contributed by atoms with Gasteiger partial charge in [0.15, 0.2) is 0 Å². The first-order valence-corrected chi connectivity index (χ1v) is 9.19. The maximum atomic E-state index is 13.3. The molecule has 5 rings (SSSR count). The lowest BCUT2D eigenvalue weighted by Gasteiger charge is -2.11. The molecule has 0 spiro atoms. The van der Waals surface area contributed by atoms with E-state index in [-0.39, 0.29) is 17.3 Å². The van der Waals surface area contributed by atoms with Gasteiger partial charge in [-0.15, -0.1) is 4.91 Å². The summed E-state index contributed by atoms with van der Waals surface area (Å²) in [6, 6.07) is 17.6. The van der Waals surface area contributed by atoms with Gasteiger partial charge in [0, 0.05) is 17.3 Å². The summed E-state index contributed by atoms with van der Waals surface area (Å²) in [7, 11) is 0. The number of aromatic nitrogens is 2. The number of phenols is 1. The smallest absolute Gasteiger partial charge is 0.149 e. The molecular formula is C23H16FN3O2. The van der Waals surface area contributed by atoms with E-state index in [2.05, 4.69) is 10.2 Å². The minimum atomic E-state index is -0.311. The van der Waals surface area contributed by atoms with E-state index in [1.807, 2.05) is 41.0 Å². The molecule has 0 aliphatic heterocycles. The molecule has 0 aliphatic carbocycles. The van der Waals surface area contributed by atoms with Crippen molar-refractivity contribution in [2.24, 2.45) is 5.18 Å². The molecule has 1 aromatic heterocycles. The van der Waals surface area contributed by atoms with Crippen molar-refractivity contribution in [2.75, 3.05) is 0 Å². The molecule has 0 unspecified atom stereocenters. The van der Waals surface area contributed by atoms with E-state index >= 15 is 0 Å². The lowest BCUT2D eigenvalue weighted by Crippen LogP contribution is -2.02. The Labute approximate surface area is 165 Å². The molecule has 1 N–H and O–H groups in total. The average Bonchev–Trinajstić information content (AvgIpc) is 3.05. The molecule has 1 heterocycles. The summed E-state index contributed by atoms with van der Waals surface area (Å²) in [6.45, 7) is 2.19. The lowest BCUT2D eigenvalue weighted by molar-refractivity contribution is 0.484. The van der Waals surface area contributed by atoms with Gasteiger partial charge in [-0.1, -0.05) is 36.4 Å². The molecular weight excluding hydrogens is 369 g/mol. The Hall–Kier alpha value is -3.80. The first-order valence-electron chi connectivity index (χ1n) is 9.19. The summed E-state index contributed by atoms with van der Waals surface area (Å²) in [5.74, 6) is 0.370. The Kier molecular flexibility index (Phi) is 3.81. The van der Waals surface area contributed by atoms with Crippen LogP contribution in [0.2, 0.25) is 0 Å². The van der Waals surface area contributed by atoms with E-state index in [0.717, 1.165) is 16.3 Å². The van der Waals surface area contributed by atoms with E-state index in [1.165, 1.54) is 12.1 Å². The summed E-state index contributed by atoms with van der Waals surface area (Å²) < 4.78 is 15.1. The highest BCUT2D eigenvalue weighted by molar-refractivity contribution is 6.15. The fraction of sp³-hybridized carbons (Fsp3) is 0.0870. The molecule has 0 radical (unpaired) electrons. The summed E-state index contributed by atoms with van der Waals surface area (Å²) in [4.78, 5) is 16.3. The number of benzene rings is 4. The zero-order chi connectivity index (χ0) is 20.1. The minimum absolute atomic E-state index is 0.0517. The maximum Gasteiger partial charge on any atom is 0.149 e. The van der Waals surface area contributed by atoms with Gasteiger partial charge in [-0.2, -0.15) is 0 Å². The Bertz CT molecular complexity index is 1420. The largest absolute Gasteiger partial charge is 0.505 e. The Morgan fingerprint density at radius 3 is 2.34 bits per heavy atom. The van der Waals surface area contributed by atoms with Crippen LogP contribution in [0, 0.1) is 17.6 Å². The molecule has 0 bridgehead atoms. The number of hydrogen-bond donors (Lipinski definition) is 1. The molecule has 5 aromatic rings. The van der Waals surface area contributed by atoms with Crippen molar-refractivity contribution in [3.63, 3.8) is 0 Å². The predicted molar refractivity (Wildman–Crippen MR) is 112 cm³/mol. The second-order valence-electron chi connectivity index (χ2n) is 7.10. The molecule has 0 saturated carbocycles. The SMILES string of the molecule is Cc1nc2c(N=O)c3cc4ccccc4cc3c(O)c2n1Cc1ccc(F)cc1. The molecule has 0 aliphatic rings. The van der Waals surface area contributed by atoms with Crippen LogP contribution in [0.3, 0.4) is 0 Å². The highest BCUT2D eigenvalue weighted by atomic mass is 19.1. The minimum Gasteiger partial charge on any atom is -0.505 e. The van der Waals surface area contributed by atoms with Crippen LogP contribution in [0.25, 0.3) is 32.6 Å². The number of phenolic OH excluding ortho intramolecular Hbond substituents is 1. The van der Waals surface area contributed by atoms with Gasteiger partial charge >= 0.3 is 0 Å². The number of imidazole rings is 1. The molecule has 4 aromatic carbocycles. The summed E-state index contributed by atoms with van der Waals surface area (Å²) >= 11 is 0. The summed E-state index contributed by atoms with van der Waals surface area (Å²) in [5, 5.41) is 17.4. The summed E-state index contributed by atoms with van der Waals surface area (Å²) in [6.07, 6.45) is 0. The van der Waals surface area contributed by atoms with Crippen LogP contribution in [0.5, 0.6) is 5.75 Å². The number of hydrogen-bond acceptors (Lipinski definition) is 4. The maximum absolute atomic E-state index is 13.3. The van der Waals surface area contributed by atoms with Crippen molar-refractivity contribution in [2.45, 2.75) is 13.5 Å². The third-order valence-corrected chi connectivity index (χ3v) is 5.35. The number of fused-ring (bicyclic) bond motifs is 3. The van der Waals surface area contributed by atoms with E-state index in [4.69, 9.17) is 0 Å². The van der Waals surface area contributed by atoms with E-state index in [9.17, 15) is 14.4 Å². The normalized spacial score (nSPS) is 11.5. The first kappa shape index (κ1) is 17.3. The van der Waals surface area contributed by atoms with Crippen molar-refractivity contribution < 1.29 is 9.50 Å². The van der Waals surface area contributed by atoms with Crippen LogP contribution in [-0.2, 0) is 6.54 Å². The van der Waals surface area contributed by atoms with Gasteiger partial charge in [0.05, 0.1) is 0 Å². The fourth-order valence-corrected chi connectivity index (χ4v) is 3.92. The predicted octanol–water partition coefficient (Wildman–Crippen LogP) is 5.94. The monoisotopic (exact) mass is 385 g/mol. The second-order valence-corrected chi connectivity index (χ2v) is 7.10. The summed E-state index contributed by atoms with van der Waals surface area (Å²) in [5.41, 5.74) is 1.87. The van der Waals surface area contributed by atoms with Crippen molar-refractivity contribution in [1.82, 2.24) is 9.55 Å². The highest BCUT2D eigenvalue weighted by Crippen LogP contribution is 2.43. The molecule has 6 heteroatoms. The molecule has 142 valence electrons. The third-order valence-electron chi connectivity index (χ3n) is 5.35. The molecule has 0 fully saturated rings. The van der Waals surface area contributed by atoms with Crippen LogP contribution in [-0.4, -0.2) is 14.7 Å². The lowest BCUT2D eigenvalue weighted by atomic mass is 10.0. The molecule has 0 atom stereocenters. The highest BCUT2D eigenvalue weighted by Gasteiger charge is 2.21. The van der Waals surface area contributed by atoms with E-state index in [0.29, 0.717) is 34.2 Å². The van der Waals surface area contributed by atoms with Gasteiger partial charge in [-0.25, -0.2) is 9.37 Å². The Morgan fingerprint density at radius 2 is 1.69 bits per heavy atom. The van der Waals surface area contributed by atoms with Crippen LogP contribution < -0.4 is 0 Å². The van der Waals surface area contributed by atoms with Crippen LogP contribution in [0.15, 0.2) is 65.8 Å². The topological polar surface area (TPSA) is 67.5 Å². The molecule has 0 saturated heterocycles. The number of halogens is 1. The van der Waals surface area contributed by atoms with Crippen molar-refractivity contribution in [3.05, 3.63) is 82.8 Å². The van der Waals surface area contributed by atoms with Gasteiger partial charge in [-0.3, -0.25) is 0 Å². The van der Waals surface area contributed by atoms with E-state index in [1.54, 1.807) is 19.1 Å². The van der Waals surface area contributed by atoms with Gasteiger partial charge in [0.1, 0.15) is 34.1 Å². The van der Waals surface area contributed by atoms with Crippen molar-refractivity contribution in [3.8, 4) is 5.75 Å².